The van der Waals surface area contributed by atoms with Gasteiger partial charge in [0.25, 0.3) is 6.01 Å². The fourth-order valence-electron chi connectivity index (χ4n) is 1.76. The van der Waals surface area contributed by atoms with E-state index in [1.165, 1.54) is 0 Å². The SMILES string of the molecule is CC(C)OCCCCNc1nc2ccc(N)cc2o1. The fraction of sp³-hybridized carbons (Fsp3) is 0.500. The maximum Gasteiger partial charge on any atom is 0.295 e. The summed E-state index contributed by atoms with van der Waals surface area (Å²) >= 11 is 0. The van der Waals surface area contributed by atoms with E-state index < -0.39 is 0 Å². The molecule has 2 aromatic rings. The van der Waals surface area contributed by atoms with Crippen LogP contribution in [-0.2, 0) is 4.74 Å². The number of aromatic nitrogens is 1. The van der Waals surface area contributed by atoms with Crippen LogP contribution in [0.4, 0.5) is 11.7 Å². The molecule has 0 aliphatic rings. The molecule has 0 aliphatic carbocycles. The third-order valence-electron chi connectivity index (χ3n) is 2.71. The lowest BCUT2D eigenvalue weighted by molar-refractivity contribution is 0.0765. The van der Waals surface area contributed by atoms with Crippen molar-refractivity contribution in [2.24, 2.45) is 0 Å². The molecule has 0 unspecified atom stereocenters. The summed E-state index contributed by atoms with van der Waals surface area (Å²) in [5.41, 5.74) is 7.90. The van der Waals surface area contributed by atoms with Gasteiger partial charge in [-0.1, -0.05) is 0 Å². The average Bonchev–Trinajstić information content (AvgIpc) is 2.75. The molecule has 5 nitrogen and oxygen atoms in total. The van der Waals surface area contributed by atoms with Gasteiger partial charge < -0.3 is 20.2 Å². The Labute approximate surface area is 113 Å². The second kappa shape index (κ2) is 6.43. The zero-order valence-electron chi connectivity index (χ0n) is 11.5. The van der Waals surface area contributed by atoms with Crippen LogP contribution in [0.3, 0.4) is 0 Å². The van der Waals surface area contributed by atoms with E-state index in [0.29, 0.717) is 23.4 Å². The molecule has 2 rings (SSSR count). The van der Waals surface area contributed by atoms with Crippen LogP contribution < -0.4 is 11.1 Å². The van der Waals surface area contributed by atoms with E-state index in [1.807, 2.05) is 26.0 Å². The maximum absolute atomic E-state index is 5.69. The topological polar surface area (TPSA) is 73.3 Å². The van der Waals surface area contributed by atoms with Crippen molar-refractivity contribution in [1.82, 2.24) is 4.98 Å². The van der Waals surface area contributed by atoms with Crippen LogP contribution in [-0.4, -0.2) is 24.2 Å². The summed E-state index contributed by atoms with van der Waals surface area (Å²) in [4.78, 5) is 4.34. The van der Waals surface area contributed by atoms with Crippen LogP contribution in [0, 0.1) is 0 Å². The predicted octanol–water partition coefficient (Wildman–Crippen LogP) is 3.03. The normalized spacial score (nSPS) is 11.3. The highest BCUT2D eigenvalue weighted by molar-refractivity contribution is 5.77. The first-order chi connectivity index (χ1) is 9.15. The molecule has 104 valence electrons. The summed E-state index contributed by atoms with van der Waals surface area (Å²) in [7, 11) is 0. The van der Waals surface area contributed by atoms with Gasteiger partial charge in [0.2, 0.25) is 0 Å². The number of hydrogen-bond acceptors (Lipinski definition) is 5. The summed E-state index contributed by atoms with van der Waals surface area (Å²) in [6.07, 6.45) is 2.35. The van der Waals surface area contributed by atoms with E-state index in [-0.39, 0.29) is 0 Å². The second-order valence-corrected chi connectivity index (χ2v) is 4.80. The highest BCUT2D eigenvalue weighted by Gasteiger charge is 2.04. The molecule has 0 bridgehead atoms. The fourth-order valence-corrected chi connectivity index (χ4v) is 1.76. The summed E-state index contributed by atoms with van der Waals surface area (Å²) in [6.45, 7) is 5.71. The number of unbranched alkanes of at least 4 members (excludes halogenated alkanes) is 1. The number of nitrogens with zero attached hydrogens (tertiary/aromatic N) is 1. The highest BCUT2D eigenvalue weighted by atomic mass is 16.5. The van der Waals surface area contributed by atoms with E-state index in [1.54, 1.807) is 6.07 Å². The summed E-state index contributed by atoms with van der Waals surface area (Å²) in [5, 5.41) is 3.17. The molecule has 3 N–H and O–H groups in total. The molecule has 0 aliphatic heterocycles. The van der Waals surface area contributed by atoms with Gasteiger partial charge >= 0.3 is 0 Å². The molecule has 0 spiro atoms. The number of hydrogen-bond donors (Lipinski definition) is 2. The van der Waals surface area contributed by atoms with Crippen LogP contribution >= 0.6 is 0 Å². The lowest BCUT2D eigenvalue weighted by atomic mass is 10.3. The van der Waals surface area contributed by atoms with E-state index in [9.17, 15) is 0 Å². The predicted molar refractivity (Wildman–Crippen MR) is 77.2 cm³/mol. The number of fused-ring (bicyclic) bond motifs is 1. The Balaban J connectivity index is 1.75. The molecule has 1 heterocycles. The van der Waals surface area contributed by atoms with Crippen molar-refractivity contribution >= 4 is 22.8 Å². The van der Waals surface area contributed by atoms with Crippen molar-refractivity contribution in [3.63, 3.8) is 0 Å². The Bertz CT molecular complexity index is 522. The molecular weight excluding hydrogens is 242 g/mol. The summed E-state index contributed by atoms with van der Waals surface area (Å²) < 4.78 is 11.0. The van der Waals surface area contributed by atoms with Crippen molar-refractivity contribution in [3.05, 3.63) is 18.2 Å². The smallest absolute Gasteiger partial charge is 0.295 e. The number of nitrogens with two attached hydrogens (primary N) is 1. The van der Waals surface area contributed by atoms with Gasteiger partial charge in [0.1, 0.15) is 5.52 Å². The lowest BCUT2D eigenvalue weighted by Crippen LogP contribution is -2.07. The minimum absolute atomic E-state index is 0.301. The first-order valence-corrected chi connectivity index (χ1v) is 6.66. The Hall–Kier alpha value is -1.75. The number of ether oxygens (including phenoxy) is 1. The number of anilines is 2. The Morgan fingerprint density at radius 3 is 3.00 bits per heavy atom. The molecule has 1 aromatic heterocycles. The van der Waals surface area contributed by atoms with E-state index in [0.717, 1.165) is 31.5 Å². The Kier molecular flexibility index (Phi) is 4.63. The van der Waals surface area contributed by atoms with Gasteiger partial charge in [0, 0.05) is 24.9 Å². The first kappa shape index (κ1) is 13.7. The molecule has 0 fully saturated rings. The van der Waals surface area contributed by atoms with Crippen LogP contribution in [0.25, 0.3) is 11.1 Å². The van der Waals surface area contributed by atoms with Crippen molar-refractivity contribution in [3.8, 4) is 0 Å². The van der Waals surface area contributed by atoms with Gasteiger partial charge in [-0.15, -0.1) is 0 Å². The van der Waals surface area contributed by atoms with Crippen molar-refractivity contribution in [1.29, 1.82) is 0 Å². The number of oxazole rings is 1. The third-order valence-corrected chi connectivity index (χ3v) is 2.71. The molecule has 0 saturated carbocycles. The maximum atomic E-state index is 5.69. The number of rotatable bonds is 7. The highest BCUT2D eigenvalue weighted by Crippen LogP contribution is 2.20. The molecule has 0 radical (unpaired) electrons. The zero-order valence-corrected chi connectivity index (χ0v) is 11.5. The Morgan fingerprint density at radius 1 is 1.37 bits per heavy atom. The molecular formula is C14H21N3O2. The summed E-state index contributed by atoms with van der Waals surface area (Å²) in [5.74, 6) is 0. The van der Waals surface area contributed by atoms with Gasteiger partial charge in [-0.2, -0.15) is 4.98 Å². The Morgan fingerprint density at radius 2 is 2.21 bits per heavy atom. The minimum Gasteiger partial charge on any atom is -0.423 e. The average molecular weight is 263 g/mol. The third kappa shape index (κ3) is 4.13. The molecule has 0 saturated heterocycles. The van der Waals surface area contributed by atoms with Crippen molar-refractivity contribution < 1.29 is 9.15 Å². The summed E-state index contributed by atoms with van der Waals surface area (Å²) in [6, 6.07) is 6.00. The number of benzene rings is 1. The van der Waals surface area contributed by atoms with Crippen LogP contribution in [0.5, 0.6) is 0 Å². The quantitative estimate of drug-likeness (QED) is 0.593. The van der Waals surface area contributed by atoms with E-state index in [2.05, 4.69) is 10.3 Å². The van der Waals surface area contributed by atoms with Gasteiger partial charge in [-0.25, -0.2) is 0 Å². The van der Waals surface area contributed by atoms with Crippen molar-refractivity contribution in [2.75, 3.05) is 24.2 Å². The van der Waals surface area contributed by atoms with Gasteiger partial charge in [0.15, 0.2) is 5.58 Å². The minimum atomic E-state index is 0.301. The van der Waals surface area contributed by atoms with Gasteiger partial charge in [-0.3, -0.25) is 0 Å². The largest absolute Gasteiger partial charge is 0.423 e. The number of nitrogen functional groups attached to an aromatic ring is 1. The molecule has 1 aromatic carbocycles. The molecule has 0 amide bonds. The van der Waals surface area contributed by atoms with Crippen LogP contribution in [0.15, 0.2) is 22.6 Å². The first-order valence-electron chi connectivity index (χ1n) is 6.66. The van der Waals surface area contributed by atoms with Crippen LogP contribution in [0.2, 0.25) is 0 Å². The van der Waals surface area contributed by atoms with Gasteiger partial charge in [0.05, 0.1) is 6.10 Å². The standard InChI is InChI=1S/C14H21N3O2/c1-10(2)18-8-4-3-7-16-14-17-12-6-5-11(15)9-13(12)19-14/h5-6,9-10H,3-4,7-8,15H2,1-2H3,(H,16,17). The lowest BCUT2D eigenvalue weighted by Gasteiger charge is -2.06. The van der Waals surface area contributed by atoms with E-state index in [4.69, 9.17) is 14.9 Å². The second-order valence-electron chi connectivity index (χ2n) is 4.80. The van der Waals surface area contributed by atoms with Gasteiger partial charge in [-0.05, 0) is 38.8 Å². The molecule has 19 heavy (non-hydrogen) atoms. The zero-order chi connectivity index (χ0) is 13.7. The van der Waals surface area contributed by atoms with Crippen LogP contribution in [0.1, 0.15) is 26.7 Å². The van der Waals surface area contributed by atoms with Crippen molar-refractivity contribution in [2.45, 2.75) is 32.8 Å². The molecule has 5 heteroatoms. The van der Waals surface area contributed by atoms with E-state index >= 15 is 0 Å². The molecule has 0 atom stereocenters. The number of nitrogens with one attached hydrogen (secondary N) is 1. The monoisotopic (exact) mass is 263 g/mol.